The standard InChI is InChI=1S/C15H12N2O/c1-11-13(8-5-9-17-11)15(18)14(10-16)12-6-3-2-4-7-12/h2-9,18H,1H3/b15-14-. The minimum atomic E-state index is -0.0331. The lowest BCUT2D eigenvalue weighted by molar-refractivity contribution is 0.513. The molecule has 1 aromatic heterocycles. The van der Waals surface area contributed by atoms with Crippen LogP contribution < -0.4 is 0 Å². The van der Waals surface area contributed by atoms with Gasteiger partial charge >= 0.3 is 0 Å². The first-order valence-electron chi connectivity index (χ1n) is 5.55. The molecule has 2 rings (SSSR count). The molecular formula is C15H12N2O. The lowest BCUT2D eigenvalue weighted by Gasteiger charge is -2.06. The van der Waals surface area contributed by atoms with Gasteiger partial charge in [0.25, 0.3) is 0 Å². The second-order valence-electron chi connectivity index (χ2n) is 3.84. The summed E-state index contributed by atoms with van der Waals surface area (Å²) in [5, 5.41) is 19.4. The van der Waals surface area contributed by atoms with Gasteiger partial charge in [0.2, 0.25) is 0 Å². The van der Waals surface area contributed by atoms with Crippen molar-refractivity contribution in [3.63, 3.8) is 0 Å². The normalized spacial score (nSPS) is 11.6. The fourth-order valence-corrected chi connectivity index (χ4v) is 1.73. The first-order valence-corrected chi connectivity index (χ1v) is 5.55. The number of nitriles is 1. The number of rotatable bonds is 2. The molecule has 0 radical (unpaired) electrons. The van der Waals surface area contributed by atoms with E-state index in [0.29, 0.717) is 16.8 Å². The largest absolute Gasteiger partial charge is 0.506 e. The summed E-state index contributed by atoms with van der Waals surface area (Å²) >= 11 is 0. The summed E-state index contributed by atoms with van der Waals surface area (Å²) in [4.78, 5) is 4.11. The fourth-order valence-electron chi connectivity index (χ4n) is 1.73. The fraction of sp³-hybridized carbons (Fsp3) is 0.0667. The molecule has 3 heteroatoms. The molecule has 1 aromatic carbocycles. The summed E-state index contributed by atoms with van der Waals surface area (Å²) in [6.45, 7) is 1.80. The smallest absolute Gasteiger partial charge is 0.142 e. The lowest BCUT2D eigenvalue weighted by atomic mass is 10.0. The Morgan fingerprint density at radius 1 is 1.17 bits per heavy atom. The average molecular weight is 236 g/mol. The number of allylic oxidation sites excluding steroid dienone is 1. The van der Waals surface area contributed by atoms with Gasteiger partial charge in [0.05, 0.1) is 0 Å². The van der Waals surface area contributed by atoms with Crippen molar-refractivity contribution < 1.29 is 5.11 Å². The molecule has 0 fully saturated rings. The Labute approximate surface area is 106 Å². The van der Waals surface area contributed by atoms with Crippen LogP contribution in [-0.4, -0.2) is 10.1 Å². The third-order valence-electron chi connectivity index (χ3n) is 2.67. The number of aromatic nitrogens is 1. The first kappa shape index (κ1) is 11.9. The van der Waals surface area contributed by atoms with Crippen LogP contribution in [-0.2, 0) is 0 Å². The molecule has 0 unspecified atom stereocenters. The number of hydrogen-bond donors (Lipinski definition) is 1. The molecule has 0 bridgehead atoms. The van der Waals surface area contributed by atoms with Crippen molar-refractivity contribution in [3.05, 3.63) is 65.5 Å². The van der Waals surface area contributed by atoms with Crippen LogP contribution in [0.25, 0.3) is 11.3 Å². The number of aryl methyl sites for hydroxylation is 1. The Balaban J connectivity index is 2.59. The molecule has 0 saturated heterocycles. The Bertz CT molecular complexity index is 624. The summed E-state index contributed by atoms with van der Waals surface area (Å²) in [7, 11) is 0. The SMILES string of the molecule is Cc1ncccc1/C(O)=C(\C#N)c1ccccc1. The van der Waals surface area contributed by atoms with Crippen molar-refractivity contribution in [3.8, 4) is 6.07 Å². The molecule has 3 nitrogen and oxygen atoms in total. The van der Waals surface area contributed by atoms with Crippen LogP contribution in [0.3, 0.4) is 0 Å². The van der Waals surface area contributed by atoms with Crippen molar-refractivity contribution >= 4 is 11.3 Å². The minimum Gasteiger partial charge on any atom is -0.506 e. The second kappa shape index (κ2) is 5.15. The molecule has 18 heavy (non-hydrogen) atoms. The third-order valence-corrected chi connectivity index (χ3v) is 2.67. The number of pyridine rings is 1. The molecule has 0 spiro atoms. The molecule has 1 N–H and O–H groups in total. The van der Waals surface area contributed by atoms with E-state index in [2.05, 4.69) is 4.98 Å². The van der Waals surface area contributed by atoms with Gasteiger partial charge in [0.15, 0.2) is 0 Å². The van der Waals surface area contributed by atoms with E-state index in [-0.39, 0.29) is 11.3 Å². The molecule has 0 saturated carbocycles. The zero-order valence-electron chi connectivity index (χ0n) is 9.96. The summed E-state index contributed by atoms with van der Waals surface area (Å²) in [6.07, 6.45) is 1.65. The molecule has 0 aliphatic carbocycles. The van der Waals surface area contributed by atoms with Gasteiger partial charge in [-0.3, -0.25) is 4.98 Å². The van der Waals surface area contributed by atoms with Crippen LogP contribution >= 0.6 is 0 Å². The summed E-state index contributed by atoms with van der Waals surface area (Å²) in [6, 6.07) is 14.6. The summed E-state index contributed by atoms with van der Waals surface area (Å²) < 4.78 is 0. The predicted octanol–water partition coefficient (Wildman–Crippen LogP) is 3.34. The van der Waals surface area contributed by atoms with Crippen LogP contribution in [0.1, 0.15) is 16.8 Å². The van der Waals surface area contributed by atoms with Crippen molar-refractivity contribution in [1.29, 1.82) is 5.26 Å². The highest BCUT2D eigenvalue weighted by molar-refractivity contribution is 5.94. The van der Waals surface area contributed by atoms with E-state index in [4.69, 9.17) is 0 Å². The Morgan fingerprint density at radius 3 is 2.50 bits per heavy atom. The van der Waals surface area contributed by atoms with Gasteiger partial charge in [0, 0.05) is 17.5 Å². The topological polar surface area (TPSA) is 56.9 Å². The van der Waals surface area contributed by atoms with Crippen LogP contribution in [0, 0.1) is 18.3 Å². The van der Waals surface area contributed by atoms with Gasteiger partial charge in [-0.05, 0) is 24.6 Å². The van der Waals surface area contributed by atoms with Gasteiger partial charge < -0.3 is 5.11 Å². The molecule has 0 amide bonds. The maximum absolute atomic E-state index is 10.2. The molecule has 2 aromatic rings. The monoisotopic (exact) mass is 236 g/mol. The van der Waals surface area contributed by atoms with Gasteiger partial charge in [-0.25, -0.2) is 0 Å². The minimum absolute atomic E-state index is 0.0331. The highest BCUT2D eigenvalue weighted by Gasteiger charge is 2.12. The summed E-state index contributed by atoms with van der Waals surface area (Å²) in [5.41, 5.74) is 2.23. The van der Waals surface area contributed by atoms with E-state index in [0.717, 1.165) is 0 Å². The van der Waals surface area contributed by atoms with Crippen molar-refractivity contribution in [2.75, 3.05) is 0 Å². The highest BCUT2D eigenvalue weighted by Crippen LogP contribution is 2.24. The van der Waals surface area contributed by atoms with Crippen molar-refractivity contribution in [2.24, 2.45) is 0 Å². The zero-order valence-corrected chi connectivity index (χ0v) is 9.96. The van der Waals surface area contributed by atoms with Crippen LogP contribution in [0.2, 0.25) is 0 Å². The van der Waals surface area contributed by atoms with Crippen molar-refractivity contribution in [1.82, 2.24) is 4.98 Å². The number of hydrogen-bond acceptors (Lipinski definition) is 3. The first-order chi connectivity index (χ1) is 8.74. The van der Waals surface area contributed by atoms with Crippen LogP contribution in [0.5, 0.6) is 0 Å². The van der Waals surface area contributed by atoms with Gasteiger partial charge in [-0.1, -0.05) is 30.3 Å². The van der Waals surface area contributed by atoms with Gasteiger partial charge in [-0.2, -0.15) is 5.26 Å². The van der Waals surface area contributed by atoms with E-state index in [1.165, 1.54) is 0 Å². The number of aliphatic hydroxyl groups excluding tert-OH is 1. The molecule has 0 atom stereocenters. The quantitative estimate of drug-likeness (QED) is 0.642. The van der Waals surface area contributed by atoms with Crippen LogP contribution in [0.15, 0.2) is 48.7 Å². The second-order valence-corrected chi connectivity index (χ2v) is 3.84. The number of nitrogens with zero attached hydrogens (tertiary/aromatic N) is 2. The molecular weight excluding hydrogens is 224 g/mol. The van der Waals surface area contributed by atoms with E-state index >= 15 is 0 Å². The molecule has 0 aliphatic rings. The maximum Gasteiger partial charge on any atom is 0.142 e. The molecule has 0 aliphatic heterocycles. The van der Waals surface area contributed by atoms with Gasteiger partial charge in [-0.15, -0.1) is 0 Å². The maximum atomic E-state index is 10.2. The molecule has 1 heterocycles. The van der Waals surface area contributed by atoms with Crippen molar-refractivity contribution in [2.45, 2.75) is 6.92 Å². The van der Waals surface area contributed by atoms with Crippen LogP contribution in [0.4, 0.5) is 0 Å². The molecule has 88 valence electrons. The van der Waals surface area contributed by atoms with Gasteiger partial charge in [0.1, 0.15) is 17.4 Å². The zero-order chi connectivity index (χ0) is 13.0. The van der Waals surface area contributed by atoms with E-state index in [1.54, 1.807) is 37.4 Å². The third kappa shape index (κ3) is 2.23. The number of aliphatic hydroxyl groups is 1. The summed E-state index contributed by atoms with van der Waals surface area (Å²) in [5.74, 6) is -0.0331. The lowest BCUT2D eigenvalue weighted by Crippen LogP contribution is -1.94. The number of benzene rings is 1. The Kier molecular flexibility index (Phi) is 3.40. The Morgan fingerprint density at radius 2 is 1.89 bits per heavy atom. The van der Waals surface area contributed by atoms with E-state index < -0.39 is 0 Å². The average Bonchev–Trinajstić information content (AvgIpc) is 2.41. The highest BCUT2D eigenvalue weighted by atomic mass is 16.3. The van der Waals surface area contributed by atoms with E-state index in [9.17, 15) is 10.4 Å². The van der Waals surface area contributed by atoms with E-state index in [1.807, 2.05) is 24.3 Å². The Hall–Kier alpha value is -2.60. The predicted molar refractivity (Wildman–Crippen MR) is 70.5 cm³/mol.